The molecule has 2 N–H and O–H groups in total. The van der Waals surface area contributed by atoms with E-state index in [1.54, 1.807) is 6.20 Å². The van der Waals surface area contributed by atoms with Gasteiger partial charge in [-0.3, -0.25) is 4.57 Å². The lowest BCUT2D eigenvalue weighted by atomic mass is 9.93. The molecule has 2 atom stereocenters. The smallest absolute Gasteiger partial charge is 0.326 e. The lowest BCUT2D eigenvalue weighted by Gasteiger charge is -2.41. The third-order valence-corrected chi connectivity index (χ3v) is 6.73. The first kappa shape index (κ1) is 18.7. The van der Waals surface area contributed by atoms with E-state index in [9.17, 15) is 9.59 Å². The van der Waals surface area contributed by atoms with Crippen molar-refractivity contribution in [2.75, 3.05) is 26.2 Å². The first-order valence-corrected chi connectivity index (χ1v) is 10.6. The largest absolute Gasteiger partial charge is 0.346 e. The Morgan fingerprint density at radius 1 is 1.23 bits per heavy atom. The highest BCUT2D eigenvalue weighted by molar-refractivity contribution is 6.01. The summed E-state index contributed by atoms with van der Waals surface area (Å²) in [5.74, 6) is 0.308. The quantitative estimate of drug-likeness (QED) is 0.645. The van der Waals surface area contributed by atoms with Crippen molar-refractivity contribution in [2.45, 2.75) is 32.2 Å². The lowest BCUT2D eigenvalue weighted by Crippen LogP contribution is -2.52. The highest BCUT2D eigenvalue weighted by Crippen LogP contribution is 2.32. The van der Waals surface area contributed by atoms with Crippen LogP contribution >= 0.6 is 0 Å². The molecule has 0 saturated carbocycles. The van der Waals surface area contributed by atoms with Gasteiger partial charge in [0.05, 0.1) is 29.3 Å². The van der Waals surface area contributed by atoms with Crippen molar-refractivity contribution in [3.8, 4) is 6.07 Å². The summed E-state index contributed by atoms with van der Waals surface area (Å²) in [7, 11) is 0. The zero-order valence-electron chi connectivity index (χ0n) is 17.0. The fourth-order valence-corrected chi connectivity index (χ4v) is 4.90. The second-order valence-corrected chi connectivity index (χ2v) is 8.51. The van der Waals surface area contributed by atoms with Gasteiger partial charge in [-0.25, -0.2) is 14.6 Å². The minimum absolute atomic E-state index is 0.0182. The van der Waals surface area contributed by atoms with Crippen molar-refractivity contribution in [1.82, 2.24) is 29.3 Å². The molecule has 9 nitrogen and oxygen atoms in total. The number of aromatic amines is 2. The van der Waals surface area contributed by atoms with E-state index in [1.165, 1.54) is 0 Å². The number of carbonyl (C=O) groups is 1. The van der Waals surface area contributed by atoms with Gasteiger partial charge in [0.25, 0.3) is 0 Å². The number of urea groups is 1. The number of nitriles is 1. The maximum absolute atomic E-state index is 13.1. The molecule has 156 valence electrons. The van der Waals surface area contributed by atoms with Crippen LogP contribution in [0.25, 0.3) is 22.1 Å². The summed E-state index contributed by atoms with van der Waals surface area (Å²) in [5.41, 5.74) is 2.13. The van der Waals surface area contributed by atoms with Crippen molar-refractivity contribution in [2.24, 2.45) is 11.8 Å². The number of amides is 2. The molecule has 5 rings (SSSR count). The Bertz CT molecular complexity index is 1190. The normalized spacial score (nSPS) is 23.2. The van der Waals surface area contributed by atoms with Crippen molar-refractivity contribution >= 4 is 28.1 Å². The fourth-order valence-electron chi connectivity index (χ4n) is 4.90. The van der Waals surface area contributed by atoms with Gasteiger partial charge in [0, 0.05) is 43.7 Å². The van der Waals surface area contributed by atoms with Gasteiger partial charge in [-0.2, -0.15) is 5.26 Å². The van der Waals surface area contributed by atoms with Gasteiger partial charge in [0.15, 0.2) is 0 Å². The number of hydrogen-bond donors (Lipinski definition) is 2. The number of carbonyl (C=O) groups excluding carboxylic acids is 1. The van der Waals surface area contributed by atoms with Gasteiger partial charge in [-0.05, 0) is 31.2 Å². The molecule has 9 heteroatoms. The van der Waals surface area contributed by atoms with Gasteiger partial charge in [0.1, 0.15) is 5.65 Å². The van der Waals surface area contributed by atoms with E-state index in [1.807, 2.05) is 26.6 Å². The number of rotatable bonds is 1. The monoisotopic (exact) mass is 407 g/mol. The second kappa shape index (κ2) is 7.20. The van der Waals surface area contributed by atoms with Gasteiger partial charge < -0.3 is 19.8 Å². The Labute approximate surface area is 173 Å². The van der Waals surface area contributed by atoms with Gasteiger partial charge in [-0.1, -0.05) is 6.92 Å². The Morgan fingerprint density at radius 2 is 2.00 bits per heavy atom. The standard InChI is InChI=1S/C21H25N7O2/c1-13-3-7-27(21(30)26-8-4-14(10-22)5-9-26)12-17(13)28-18-15-2-6-23-19(15)24-11-16(18)25-20(28)29/h2,6,11,13-14,17H,3-5,7-9,12H2,1H3,(H,23,24)(H,25,29)/t13-,17+/m1/s1. The van der Waals surface area contributed by atoms with E-state index >= 15 is 0 Å². The SMILES string of the molecule is C[C@@H]1CCN(C(=O)N2CCC(C#N)CC2)C[C@@H]1n1c(=O)[nH]c2cnc3[nH]ccc3c21. The highest BCUT2D eigenvalue weighted by Gasteiger charge is 2.35. The minimum atomic E-state index is -0.165. The number of H-pyrrole nitrogens is 2. The first-order chi connectivity index (χ1) is 14.6. The average molecular weight is 407 g/mol. The van der Waals surface area contributed by atoms with Crippen LogP contribution in [0.3, 0.4) is 0 Å². The summed E-state index contributed by atoms with van der Waals surface area (Å²) in [5, 5.41) is 10.0. The van der Waals surface area contributed by atoms with Crippen LogP contribution in [0.1, 0.15) is 32.2 Å². The van der Waals surface area contributed by atoms with Crippen LogP contribution in [-0.2, 0) is 0 Å². The molecule has 2 saturated heterocycles. The number of fused-ring (bicyclic) bond motifs is 3. The fraction of sp³-hybridized carbons (Fsp3) is 0.524. The Morgan fingerprint density at radius 3 is 2.77 bits per heavy atom. The van der Waals surface area contributed by atoms with Crippen molar-refractivity contribution in [1.29, 1.82) is 5.26 Å². The summed E-state index contributed by atoms with van der Waals surface area (Å²) in [6.45, 7) is 4.57. The molecule has 3 aromatic heterocycles. The maximum atomic E-state index is 13.1. The molecule has 0 bridgehead atoms. The molecule has 0 aliphatic carbocycles. The predicted octanol–water partition coefficient (Wildman–Crippen LogP) is 2.44. The summed E-state index contributed by atoms with van der Waals surface area (Å²) in [4.78, 5) is 40.2. The Balaban J connectivity index is 1.46. The second-order valence-electron chi connectivity index (χ2n) is 8.51. The number of likely N-dealkylation sites (tertiary alicyclic amines) is 2. The molecule has 0 radical (unpaired) electrons. The molecule has 2 aliphatic heterocycles. The molecule has 3 aromatic rings. The number of nitrogens with zero attached hydrogens (tertiary/aromatic N) is 5. The number of imidazole rings is 1. The molecule has 0 unspecified atom stereocenters. The van der Waals surface area contributed by atoms with E-state index in [-0.39, 0.29) is 29.6 Å². The van der Waals surface area contributed by atoms with Gasteiger partial charge in [-0.15, -0.1) is 0 Å². The summed E-state index contributed by atoms with van der Waals surface area (Å²) in [6, 6.07) is 4.15. The molecule has 2 aliphatic rings. The lowest BCUT2D eigenvalue weighted by molar-refractivity contribution is 0.103. The van der Waals surface area contributed by atoms with Crippen molar-refractivity contribution in [3.63, 3.8) is 0 Å². The number of piperidine rings is 2. The molecule has 0 spiro atoms. The van der Waals surface area contributed by atoms with Crippen LogP contribution in [0.5, 0.6) is 0 Å². The molecule has 5 heterocycles. The van der Waals surface area contributed by atoms with E-state index in [0.29, 0.717) is 31.7 Å². The van der Waals surface area contributed by atoms with Crippen molar-refractivity contribution in [3.05, 3.63) is 28.9 Å². The van der Waals surface area contributed by atoms with Crippen LogP contribution in [0.15, 0.2) is 23.3 Å². The van der Waals surface area contributed by atoms with E-state index < -0.39 is 0 Å². The number of pyridine rings is 1. The van der Waals surface area contributed by atoms with Crippen LogP contribution in [-0.4, -0.2) is 61.5 Å². The topological polar surface area (TPSA) is 114 Å². The van der Waals surface area contributed by atoms with Gasteiger partial charge in [0.2, 0.25) is 0 Å². The van der Waals surface area contributed by atoms with E-state index in [2.05, 4.69) is 27.9 Å². The molecule has 2 fully saturated rings. The number of nitrogens with one attached hydrogen (secondary N) is 2. The zero-order valence-corrected chi connectivity index (χ0v) is 17.0. The minimum Gasteiger partial charge on any atom is -0.346 e. The molecule has 30 heavy (non-hydrogen) atoms. The molecular formula is C21H25N7O2. The van der Waals surface area contributed by atoms with Gasteiger partial charge >= 0.3 is 11.7 Å². The van der Waals surface area contributed by atoms with Crippen LogP contribution in [0, 0.1) is 23.2 Å². The van der Waals surface area contributed by atoms with Crippen LogP contribution in [0.2, 0.25) is 0 Å². The third kappa shape index (κ3) is 2.95. The van der Waals surface area contributed by atoms with E-state index in [0.717, 1.165) is 35.8 Å². The highest BCUT2D eigenvalue weighted by atomic mass is 16.2. The number of aromatic nitrogens is 4. The first-order valence-electron chi connectivity index (χ1n) is 10.6. The Kier molecular flexibility index (Phi) is 4.50. The number of hydrogen-bond acceptors (Lipinski definition) is 4. The maximum Gasteiger partial charge on any atom is 0.326 e. The third-order valence-electron chi connectivity index (χ3n) is 6.73. The van der Waals surface area contributed by atoms with Crippen LogP contribution < -0.4 is 5.69 Å². The van der Waals surface area contributed by atoms with Crippen molar-refractivity contribution < 1.29 is 4.79 Å². The predicted molar refractivity (Wildman–Crippen MR) is 112 cm³/mol. The van der Waals surface area contributed by atoms with E-state index in [4.69, 9.17) is 5.26 Å². The summed E-state index contributed by atoms with van der Waals surface area (Å²) in [6.07, 6.45) is 5.81. The molecule has 2 amide bonds. The molecule has 0 aromatic carbocycles. The Hall–Kier alpha value is -3.28. The van der Waals surface area contributed by atoms with Crippen LogP contribution in [0.4, 0.5) is 4.79 Å². The molecular weight excluding hydrogens is 382 g/mol. The average Bonchev–Trinajstić information content (AvgIpc) is 3.37. The zero-order chi connectivity index (χ0) is 20.8. The summed E-state index contributed by atoms with van der Waals surface area (Å²) >= 11 is 0. The summed E-state index contributed by atoms with van der Waals surface area (Å²) < 4.78 is 1.82.